The van der Waals surface area contributed by atoms with Crippen molar-refractivity contribution in [3.05, 3.63) is 58.6 Å². The summed E-state index contributed by atoms with van der Waals surface area (Å²) in [4.78, 5) is 0. The number of rotatable bonds is 3. The Morgan fingerprint density at radius 1 is 1.18 bits per heavy atom. The summed E-state index contributed by atoms with van der Waals surface area (Å²) >= 11 is 5.76. The monoisotopic (exact) mass is 248 g/mol. The summed E-state index contributed by atoms with van der Waals surface area (Å²) in [6.45, 7) is 2.31. The van der Waals surface area contributed by atoms with Crippen LogP contribution in [0.2, 0.25) is 5.02 Å². The van der Waals surface area contributed by atoms with E-state index in [-0.39, 0.29) is 5.75 Å². The molecule has 0 aliphatic heterocycles. The third-order valence-electron chi connectivity index (χ3n) is 2.52. The van der Waals surface area contributed by atoms with Crippen LogP contribution in [-0.4, -0.2) is 5.11 Å². The van der Waals surface area contributed by atoms with Gasteiger partial charge in [0, 0.05) is 10.6 Å². The first kappa shape index (κ1) is 11.8. The van der Waals surface area contributed by atoms with Crippen molar-refractivity contribution in [1.29, 1.82) is 0 Å². The Balaban J connectivity index is 2.10. The Morgan fingerprint density at radius 3 is 2.65 bits per heavy atom. The molecule has 3 heteroatoms. The highest BCUT2D eigenvalue weighted by atomic mass is 35.5. The highest BCUT2D eigenvalue weighted by Gasteiger charge is 2.04. The second-order valence-corrected chi connectivity index (χ2v) is 4.26. The second-order valence-electron chi connectivity index (χ2n) is 3.83. The first-order valence-electron chi connectivity index (χ1n) is 5.32. The van der Waals surface area contributed by atoms with E-state index in [2.05, 4.69) is 0 Å². The van der Waals surface area contributed by atoms with Crippen molar-refractivity contribution in [2.75, 3.05) is 0 Å². The minimum atomic E-state index is 0.158. The predicted molar refractivity (Wildman–Crippen MR) is 68.6 cm³/mol. The van der Waals surface area contributed by atoms with E-state index < -0.39 is 0 Å². The standard InChI is InChI=1S/C14H13ClO2/c1-10-4-2-3-5-14(10)17-9-11-6-7-12(15)8-13(11)16/h2-8,16H,9H2,1H3. The topological polar surface area (TPSA) is 29.5 Å². The summed E-state index contributed by atoms with van der Waals surface area (Å²) < 4.78 is 5.64. The lowest BCUT2D eigenvalue weighted by Gasteiger charge is -2.10. The van der Waals surface area contributed by atoms with Crippen LogP contribution < -0.4 is 4.74 Å². The molecule has 0 amide bonds. The SMILES string of the molecule is Cc1ccccc1OCc1ccc(Cl)cc1O. The van der Waals surface area contributed by atoms with Gasteiger partial charge in [0.1, 0.15) is 18.1 Å². The zero-order chi connectivity index (χ0) is 12.3. The molecule has 0 unspecified atom stereocenters. The van der Waals surface area contributed by atoms with Crippen molar-refractivity contribution in [3.63, 3.8) is 0 Å². The zero-order valence-electron chi connectivity index (χ0n) is 9.48. The molecule has 17 heavy (non-hydrogen) atoms. The second kappa shape index (κ2) is 5.11. The highest BCUT2D eigenvalue weighted by molar-refractivity contribution is 6.30. The van der Waals surface area contributed by atoms with Crippen LogP contribution in [0.15, 0.2) is 42.5 Å². The van der Waals surface area contributed by atoms with Gasteiger partial charge in [0.25, 0.3) is 0 Å². The molecule has 0 heterocycles. The van der Waals surface area contributed by atoms with E-state index in [4.69, 9.17) is 16.3 Å². The molecule has 0 fully saturated rings. The first-order valence-corrected chi connectivity index (χ1v) is 5.70. The van der Waals surface area contributed by atoms with Crippen molar-refractivity contribution in [1.82, 2.24) is 0 Å². The molecule has 0 bridgehead atoms. The smallest absolute Gasteiger partial charge is 0.123 e. The molecule has 0 spiro atoms. The average Bonchev–Trinajstić information content (AvgIpc) is 2.30. The third kappa shape index (κ3) is 2.92. The van der Waals surface area contributed by atoms with Gasteiger partial charge in [-0.05, 0) is 30.7 Å². The van der Waals surface area contributed by atoms with Crippen molar-refractivity contribution >= 4 is 11.6 Å². The fourth-order valence-corrected chi connectivity index (χ4v) is 1.70. The Labute approximate surface area is 105 Å². The van der Waals surface area contributed by atoms with Gasteiger partial charge >= 0.3 is 0 Å². The zero-order valence-corrected chi connectivity index (χ0v) is 10.2. The molecule has 2 aromatic carbocycles. The van der Waals surface area contributed by atoms with Crippen molar-refractivity contribution in [2.45, 2.75) is 13.5 Å². The summed E-state index contributed by atoms with van der Waals surface area (Å²) in [5.74, 6) is 0.980. The molecular weight excluding hydrogens is 236 g/mol. The number of hydrogen-bond donors (Lipinski definition) is 1. The van der Waals surface area contributed by atoms with E-state index in [0.29, 0.717) is 11.6 Å². The molecule has 2 aromatic rings. The first-order chi connectivity index (χ1) is 8.16. The lowest BCUT2D eigenvalue weighted by atomic mass is 10.2. The molecule has 2 rings (SSSR count). The normalized spacial score (nSPS) is 10.2. The van der Waals surface area contributed by atoms with Gasteiger partial charge in [0.05, 0.1) is 0 Å². The van der Waals surface area contributed by atoms with Gasteiger partial charge in [-0.25, -0.2) is 0 Å². The number of halogens is 1. The van der Waals surface area contributed by atoms with Crippen molar-refractivity contribution in [3.8, 4) is 11.5 Å². The molecule has 88 valence electrons. The van der Waals surface area contributed by atoms with Crippen LogP contribution in [0.4, 0.5) is 0 Å². The minimum Gasteiger partial charge on any atom is -0.507 e. The summed E-state index contributed by atoms with van der Waals surface area (Å²) in [6.07, 6.45) is 0. The van der Waals surface area contributed by atoms with Gasteiger partial charge in [-0.1, -0.05) is 35.9 Å². The van der Waals surface area contributed by atoms with Crippen LogP contribution in [-0.2, 0) is 6.61 Å². The Morgan fingerprint density at radius 2 is 1.94 bits per heavy atom. The summed E-state index contributed by atoms with van der Waals surface area (Å²) in [5.41, 5.74) is 1.79. The van der Waals surface area contributed by atoms with Crippen LogP contribution in [0.3, 0.4) is 0 Å². The number of ether oxygens (including phenoxy) is 1. The largest absolute Gasteiger partial charge is 0.507 e. The number of hydrogen-bond acceptors (Lipinski definition) is 2. The van der Waals surface area contributed by atoms with Crippen LogP contribution >= 0.6 is 11.6 Å². The maximum absolute atomic E-state index is 9.67. The number of aromatic hydroxyl groups is 1. The van der Waals surface area contributed by atoms with Gasteiger partial charge in [-0.15, -0.1) is 0 Å². The number of phenolic OH excluding ortho intramolecular Hbond substituents is 1. The molecule has 2 nitrogen and oxygen atoms in total. The van der Waals surface area contributed by atoms with Crippen molar-refractivity contribution < 1.29 is 9.84 Å². The van der Waals surface area contributed by atoms with Gasteiger partial charge in [-0.2, -0.15) is 0 Å². The van der Waals surface area contributed by atoms with Crippen LogP contribution in [0, 0.1) is 6.92 Å². The lowest BCUT2D eigenvalue weighted by molar-refractivity contribution is 0.297. The molecule has 0 aromatic heterocycles. The molecule has 0 saturated heterocycles. The molecular formula is C14H13ClO2. The maximum atomic E-state index is 9.67. The molecule has 0 atom stereocenters. The Hall–Kier alpha value is -1.67. The summed E-state index contributed by atoms with van der Waals surface area (Å²) in [5, 5.41) is 10.2. The van der Waals surface area contributed by atoms with Crippen LogP contribution in [0.25, 0.3) is 0 Å². The summed E-state index contributed by atoms with van der Waals surface area (Å²) in [6, 6.07) is 12.8. The van der Waals surface area contributed by atoms with Gasteiger partial charge in [-0.3, -0.25) is 0 Å². The van der Waals surface area contributed by atoms with Gasteiger partial charge in [0.15, 0.2) is 0 Å². The van der Waals surface area contributed by atoms with E-state index in [1.807, 2.05) is 31.2 Å². The third-order valence-corrected chi connectivity index (χ3v) is 2.76. The molecule has 1 N–H and O–H groups in total. The van der Waals surface area contributed by atoms with E-state index in [9.17, 15) is 5.11 Å². The number of benzene rings is 2. The van der Waals surface area contributed by atoms with Crippen LogP contribution in [0.1, 0.15) is 11.1 Å². The van der Waals surface area contributed by atoms with E-state index in [1.165, 1.54) is 6.07 Å². The van der Waals surface area contributed by atoms with Gasteiger partial charge in [0.2, 0.25) is 0 Å². The Bertz CT molecular complexity index is 523. The number of aryl methyl sites for hydroxylation is 1. The fraction of sp³-hybridized carbons (Fsp3) is 0.143. The van der Waals surface area contributed by atoms with E-state index in [1.54, 1.807) is 12.1 Å². The fourth-order valence-electron chi connectivity index (χ4n) is 1.53. The summed E-state index contributed by atoms with van der Waals surface area (Å²) in [7, 11) is 0. The number of phenols is 1. The van der Waals surface area contributed by atoms with E-state index >= 15 is 0 Å². The minimum absolute atomic E-state index is 0.158. The molecule has 0 aliphatic rings. The predicted octanol–water partition coefficient (Wildman–Crippen LogP) is 3.93. The lowest BCUT2D eigenvalue weighted by Crippen LogP contribution is -1.97. The van der Waals surface area contributed by atoms with Gasteiger partial charge < -0.3 is 9.84 Å². The molecule has 0 radical (unpaired) electrons. The number of para-hydroxylation sites is 1. The maximum Gasteiger partial charge on any atom is 0.123 e. The molecule has 0 aliphatic carbocycles. The Kier molecular flexibility index (Phi) is 3.55. The van der Waals surface area contributed by atoms with E-state index in [0.717, 1.165) is 16.9 Å². The van der Waals surface area contributed by atoms with Crippen LogP contribution in [0.5, 0.6) is 11.5 Å². The quantitative estimate of drug-likeness (QED) is 0.892. The average molecular weight is 249 g/mol. The van der Waals surface area contributed by atoms with Crippen molar-refractivity contribution in [2.24, 2.45) is 0 Å². The highest BCUT2D eigenvalue weighted by Crippen LogP contribution is 2.24. The molecule has 0 saturated carbocycles.